The van der Waals surface area contributed by atoms with Gasteiger partial charge in [0.2, 0.25) is 0 Å². The third-order valence-corrected chi connectivity index (χ3v) is 13.5. The Balaban J connectivity index is 1.41. The maximum atomic E-state index is 12.1. The van der Waals surface area contributed by atoms with Gasteiger partial charge in [-0.05, 0) is 94.3 Å². The largest absolute Gasteiger partial charge is 0.462 e. The number of rotatable bonds is 7. The minimum absolute atomic E-state index is 0.0555. The molecular weight excluding hydrogens is 532 g/mol. The molecule has 0 amide bonds. The molecule has 3 saturated carbocycles. The van der Waals surface area contributed by atoms with Gasteiger partial charge in [0.15, 0.2) is 6.29 Å². The lowest BCUT2D eigenvalue weighted by Crippen LogP contribution is -2.65. The highest BCUT2D eigenvalue weighted by Crippen LogP contribution is 2.73. The van der Waals surface area contributed by atoms with Gasteiger partial charge in [-0.1, -0.05) is 46.3 Å². The number of carbonyl (C=O) groups excluding carboxylic acids is 1. The van der Waals surface area contributed by atoms with E-state index in [4.69, 9.17) is 18.9 Å². The van der Waals surface area contributed by atoms with Crippen molar-refractivity contribution < 1.29 is 34.0 Å². The summed E-state index contributed by atoms with van der Waals surface area (Å²) in [6.45, 7) is 19.6. The van der Waals surface area contributed by atoms with Crippen molar-refractivity contribution in [2.75, 3.05) is 13.7 Å². The molecule has 0 aromatic rings. The maximum Gasteiger partial charge on any atom is 0.302 e. The Kier molecular flexibility index (Phi) is 8.35. The minimum atomic E-state index is -0.752. The third-order valence-electron chi connectivity index (χ3n) is 13.5. The minimum Gasteiger partial charge on any atom is -0.462 e. The molecule has 0 aromatic heterocycles. The first-order valence-electron chi connectivity index (χ1n) is 16.5. The molecule has 1 aliphatic heterocycles. The Labute approximate surface area is 254 Å². The highest BCUT2D eigenvalue weighted by atomic mass is 16.7. The number of fused-ring (bicyclic) bond motifs is 5. The van der Waals surface area contributed by atoms with Gasteiger partial charge in [0.1, 0.15) is 12.2 Å². The summed E-state index contributed by atoms with van der Waals surface area (Å²) in [5.74, 6) is 0.879. The number of allylic oxidation sites excluding steroid dienone is 1. The van der Waals surface area contributed by atoms with Gasteiger partial charge in [-0.25, -0.2) is 0 Å². The molecule has 0 spiro atoms. The van der Waals surface area contributed by atoms with Gasteiger partial charge in [-0.2, -0.15) is 0 Å². The zero-order valence-corrected chi connectivity index (χ0v) is 27.9. The van der Waals surface area contributed by atoms with Crippen LogP contribution in [-0.4, -0.2) is 66.2 Å². The van der Waals surface area contributed by atoms with Crippen molar-refractivity contribution in [1.82, 2.24) is 0 Å². The van der Waals surface area contributed by atoms with Crippen molar-refractivity contribution >= 4 is 5.97 Å². The Morgan fingerprint density at radius 2 is 1.81 bits per heavy atom. The summed E-state index contributed by atoms with van der Waals surface area (Å²) in [6, 6.07) is 0. The molecular formula is C35H58O7. The second-order valence-corrected chi connectivity index (χ2v) is 16.2. The van der Waals surface area contributed by atoms with Gasteiger partial charge in [0.05, 0.1) is 17.8 Å². The number of ether oxygens (including phenoxy) is 4. The van der Waals surface area contributed by atoms with E-state index in [0.717, 1.165) is 44.9 Å². The maximum absolute atomic E-state index is 12.1. The van der Waals surface area contributed by atoms with E-state index in [1.54, 1.807) is 7.11 Å². The van der Waals surface area contributed by atoms with Crippen LogP contribution in [0.15, 0.2) is 11.6 Å². The normalized spacial score (nSPS) is 47.2. The Morgan fingerprint density at radius 1 is 1.12 bits per heavy atom. The van der Waals surface area contributed by atoms with E-state index < -0.39 is 17.8 Å². The Bertz CT molecular complexity index is 1070. The van der Waals surface area contributed by atoms with Crippen LogP contribution in [0.5, 0.6) is 0 Å². The highest BCUT2D eigenvalue weighted by molar-refractivity contribution is 5.66. The fourth-order valence-corrected chi connectivity index (χ4v) is 11.4. The summed E-state index contributed by atoms with van der Waals surface area (Å²) in [4.78, 5) is 11.9. The van der Waals surface area contributed by atoms with Gasteiger partial charge in [-0.3, -0.25) is 4.79 Å². The highest BCUT2D eigenvalue weighted by Gasteiger charge is 2.69. The zero-order valence-electron chi connectivity index (χ0n) is 27.9. The number of aliphatic hydroxyl groups is 2. The molecule has 2 unspecified atom stereocenters. The van der Waals surface area contributed by atoms with E-state index in [-0.39, 0.29) is 58.0 Å². The fraction of sp³-hybridized carbons (Fsp3) is 0.914. The molecule has 1 saturated heterocycles. The second kappa shape index (κ2) is 10.8. The van der Waals surface area contributed by atoms with Crippen LogP contribution in [0.4, 0.5) is 0 Å². The summed E-state index contributed by atoms with van der Waals surface area (Å²) >= 11 is 0. The van der Waals surface area contributed by atoms with E-state index in [9.17, 15) is 15.0 Å². The van der Waals surface area contributed by atoms with Crippen molar-refractivity contribution in [2.45, 2.75) is 144 Å². The van der Waals surface area contributed by atoms with Gasteiger partial charge in [-0.15, -0.1) is 0 Å². The Morgan fingerprint density at radius 3 is 2.43 bits per heavy atom. The standard InChI is InChI=1S/C35H58O7/c1-11-40-32(5,6)29(38)23-18-21(30(39-10)42-23)22-12-13-24-33(22,7)16-14-25-34(8)17-15-28(41-20(2)36)31(3,4)26(34)19-27(37)35(24,25)9/h13,21-23,25-30,37-38H,11-12,14-19H2,1-10H3/t21?,22-,23+,25?,26-,27+,28+,29-,30+,33-,34+,35-/m0/s1. The van der Waals surface area contributed by atoms with Crippen LogP contribution in [0.2, 0.25) is 0 Å². The number of carbonyl (C=O) groups is 1. The van der Waals surface area contributed by atoms with Crippen molar-refractivity contribution in [3.63, 3.8) is 0 Å². The lowest BCUT2D eigenvalue weighted by Gasteiger charge is -2.68. The van der Waals surface area contributed by atoms with Crippen LogP contribution in [-0.2, 0) is 23.7 Å². The molecule has 5 rings (SSSR count). The van der Waals surface area contributed by atoms with Crippen molar-refractivity contribution in [1.29, 1.82) is 0 Å². The molecule has 0 aromatic carbocycles. The van der Waals surface area contributed by atoms with Crippen molar-refractivity contribution in [2.24, 2.45) is 45.3 Å². The predicted octanol–water partition coefficient (Wildman–Crippen LogP) is 6.05. The molecule has 2 N–H and O–H groups in total. The molecule has 4 fully saturated rings. The fourth-order valence-electron chi connectivity index (χ4n) is 11.4. The number of methoxy groups -OCH3 is 1. The van der Waals surface area contributed by atoms with Crippen molar-refractivity contribution in [3.05, 3.63) is 11.6 Å². The van der Waals surface area contributed by atoms with Crippen LogP contribution < -0.4 is 0 Å². The molecule has 42 heavy (non-hydrogen) atoms. The SMILES string of the molecule is CCOC(C)(C)[C@@H](O)[C@H]1CC([C@@H]2CC=C3[C@@]4(C)C(CC[C@]32C)[C@@]2(C)CC[C@@H](OC(C)=O)C(C)(C)[C@@H]2C[C@H]4O)[C@H](OC)O1. The van der Waals surface area contributed by atoms with Gasteiger partial charge >= 0.3 is 5.97 Å². The van der Waals surface area contributed by atoms with E-state index in [2.05, 4.69) is 40.7 Å². The average Bonchev–Trinajstić information content (AvgIpc) is 3.48. The summed E-state index contributed by atoms with van der Waals surface area (Å²) in [7, 11) is 1.71. The lowest BCUT2D eigenvalue weighted by molar-refractivity contribution is -0.221. The molecule has 0 radical (unpaired) electrons. The van der Waals surface area contributed by atoms with Crippen LogP contribution in [0.3, 0.4) is 0 Å². The monoisotopic (exact) mass is 590 g/mol. The van der Waals surface area contributed by atoms with Crippen LogP contribution in [0.1, 0.15) is 107 Å². The van der Waals surface area contributed by atoms with Crippen molar-refractivity contribution in [3.8, 4) is 0 Å². The molecule has 0 bridgehead atoms. The van der Waals surface area contributed by atoms with Gasteiger partial charge < -0.3 is 29.2 Å². The van der Waals surface area contributed by atoms with Crippen LogP contribution in [0, 0.1) is 45.3 Å². The molecule has 12 atom stereocenters. The van der Waals surface area contributed by atoms with E-state index in [1.807, 2.05) is 20.8 Å². The Hall–Kier alpha value is -0.990. The molecule has 7 nitrogen and oxygen atoms in total. The third kappa shape index (κ3) is 4.66. The van der Waals surface area contributed by atoms with E-state index >= 15 is 0 Å². The number of hydrogen-bond donors (Lipinski definition) is 2. The quantitative estimate of drug-likeness (QED) is 0.275. The average molecular weight is 591 g/mol. The lowest BCUT2D eigenvalue weighted by atomic mass is 9.37. The number of aliphatic hydroxyl groups excluding tert-OH is 2. The van der Waals surface area contributed by atoms with Gasteiger partial charge in [0.25, 0.3) is 0 Å². The topological polar surface area (TPSA) is 94.5 Å². The van der Waals surface area contributed by atoms with E-state index in [0.29, 0.717) is 18.4 Å². The van der Waals surface area contributed by atoms with Crippen LogP contribution in [0.25, 0.3) is 0 Å². The molecule has 4 aliphatic carbocycles. The molecule has 7 heteroatoms. The zero-order chi connectivity index (χ0) is 31.0. The second-order valence-electron chi connectivity index (χ2n) is 16.2. The predicted molar refractivity (Wildman–Crippen MR) is 161 cm³/mol. The first kappa shape index (κ1) is 32.4. The molecule has 240 valence electrons. The summed E-state index contributed by atoms with van der Waals surface area (Å²) < 4.78 is 24.1. The van der Waals surface area contributed by atoms with E-state index in [1.165, 1.54) is 12.5 Å². The summed E-state index contributed by atoms with van der Waals surface area (Å²) in [6.07, 6.45) is 6.81. The summed E-state index contributed by atoms with van der Waals surface area (Å²) in [5, 5.41) is 23.4. The number of esters is 1. The first-order chi connectivity index (χ1) is 19.5. The summed E-state index contributed by atoms with van der Waals surface area (Å²) in [5.41, 5.74) is 0.195. The molecule has 5 aliphatic rings. The van der Waals surface area contributed by atoms with Crippen LogP contribution >= 0.6 is 0 Å². The first-order valence-corrected chi connectivity index (χ1v) is 16.5. The number of hydrogen-bond acceptors (Lipinski definition) is 7. The smallest absolute Gasteiger partial charge is 0.302 e. The van der Waals surface area contributed by atoms with Gasteiger partial charge in [0, 0.05) is 37.4 Å². The molecule has 1 heterocycles.